The Balaban J connectivity index is 1.76. The number of nitrogens with one attached hydrogen (secondary N) is 1. The van der Waals surface area contributed by atoms with Gasteiger partial charge in [0.1, 0.15) is 5.82 Å². The molecule has 7 heteroatoms. The van der Waals surface area contributed by atoms with Crippen LogP contribution < -0.4 is 5.32 Å². The van der Waals surface area contributed by atoms with E-state index in [2.05, 4.69) is 5.32 Å². The fourth-order valence-corrected chi connectivity index (χ4v) is 4.02. The number of nitrogens with zero attached hydrogens (tertiary/aromatic N) is 2. The first-order chi connectivity index (χ1) is 15.5. The van der Waals surface area contributed by atoms with Gasteiger partial charge in [0.15, 0.2) is 0 Å². The van der Waals surface area contributed by atoms with Crippen LogP contribution in [0.5, 0.6) is 0 Å². The van der Waals surface area contributed by atoms with Gasteiger partial charge in [-0.15, -0.1) is 0 Å². The lowest BCUT2D eigenvalue weighted by Crippen LogP contribution is -2.22. The summed E-state index contributed by atoms with van der Waals surface area (Å²) < 4.78 is 1.60. The van der Waals surface area contributed by atoms with E-state index in [1.807, 2.05) is 55.5 Å². The fourth-order valence-electron chi connectivity index (χ4n) is 3.53. The van der Waals surface area contributed by atoms with Gasteiger partial charge in [-0.3, -0.25) is 4.79 Å². The number of hydrogen-bond acceptors (Lipinski definition) is 2. The van der Waals surface area contributed by atoms with Crippen LogP contribution in [0.1, 0.15) is 24.8 Å². The van der Waals surface area contributed by atoms with Crippen LogP contribution in [0, 0.1) is 0 Å². The molecule has 0 saturated heterocycles. The maximum atomic E-state index is 13.2. The molecular formula is C25H20Cl3N3O. The zero-order valence-corrected chi connectivity index (χ0v) is 19.5. The lowest BCUT2D eigenvalue weighted by molar-refractivity contribution is -0.117. The first kappa shape index (κ1) is 22.4. The van der Waals surface area contributed by atoms with Gasteiger partial charge < -0.3 is 5.32 Å². The number of carbonyl (C=O) groups excluding carboxylic acids is 1. The molecule has 1 amide bonds. The van der Waals surface area contributed by atoms with E-state index in [-0.39, 0.29) is 11.8 Å². The van der Waals surface area contributed by atoms with Crippen molar-refractivity contribution in [2.24, 2.45) is 0 Å². The molecule has 0 bridgehead atoms. The third-order valence-corrected chi connectivity index (χ3v) is 5.97. The number of hydrogen-bond donors (Lipinski definition) is 1. The van der Waals surface area contributed by atoms with Crippen LogP contribution in [-0.4, -0.2) is 15.7 Å². The van der Waals surface area contributed by atoms with Gasteiger partial charge in [-0.1, -0.05) is 84.2 Å². The molecule has 0 unspecified atom stereocenters. The fraction of sp³-hybridized carbons (Fsp3) is 0.120. The van der Waals surface area contributed by atoms with E-state index in [1.165, 1.54) is 0 Å². The Morgan fingerprint density at radius 2 is 1.62 bits per heavy atom. The highest BCUT2D eigenvalue weighted by Gasteiger charge is 2.22. The van der Waals surface area contributed by atoms with Gasteiger partial charge in [0, 0.05) is 21.7 Å². The van der Waals surface area contributed by atoms with Crippen LogP contribution >= 0.6 is 34.8 Å². The van der Waals surface area contributed by atoms with Crippen molar-refractivity contribution in [2.75, 3.05) is 5.32 Å². The topological polar surface area (TPSA) is 46.9 Å². The zero-order chi connectivity index (χ0) is 22.7. The van der Waals surface area contributed by atoms with E-state index in [0.29, 0.717) is 38.7 Å². The second kappa shape index (κ2) is 9.78. The average molecular weight is 485 g/mol. The summed E-state index contributed by atoms with van der Waals surface area (Å²) in [5.74, 6) is 0.0764. The standard InChI is InChI=1S/C25H20Cl3N3O/c1-2-20(16-6-4-3-5-7-16)25(32)29-24-15-22(17-8-10-18(26)11-9-17)30-31(24)23-14-19(27)12-13-21(23)28/h3-15,20H,2H2,1H3,(H,29,32)/t20-/m1/s1. The number of benzene rings is 3. The number of carbonyl (C=O) groups is 1. The lowest BCUT2D eigenvalue weighted by atomic mass is 9.96. The van der Waals surface area contributed by atoms with Crippen molar-refractivity contribution in [3.8, 4) is 16.9 Å². The maximum Gasteiger partial charge on any atom is 0.233 e. The zero-order valence-electron chi connectivity index (χ0n) is 17.2. The minimum absolute atomic E-state index is 0.124. The highest BCUT2D eigenvalue weighted by molar-refractivity contribution is 6.34. The molecule has 1 atom stereocenters. The third-order valence-electron chi connectivity index (χ3n) is 5.16. The molecule has 0 saturated carbocycles. The van der Waals surface area contributed by atoms with Crippen molar-refractivity contribution in [3.63, 3.8) is 0 Å². The van der Waals surface area contributed by atoms with Gasteiger partial charge >= 0.3 is 0 Å². The van der Waals surface area contributed by atoms with Gasteiger partial charge in [0.25, 0.3) is 0 Å². The third kappa shape index (κ3) is 4.83. The summed E-state index contributed by atoms with van der Waals surface area (Å²) in [4.78, 5) is 13.2. The van der Waals surface area contributed by atoms with Crippen LogP contribution in [0.4, 0.5) is 5.82 Å². The molecule has 32 heavy (non-hydrogen) atoms. The molecule has 0 radical (unpaired) electrons. The minimum Gasteiger partial charge on any atom is -0.310 e. The molecule has 0 aliphatic carbocycles. The largest absolute Gasteiger partial charge is 0.310 e. The van der Waals surface area contributed by atoms with Crippen molar-refractivity contribution in [1.29, 1.82) is 0 Å². The van der Waals surface area contributed by atoms with Crippen molar-refractivity contribution in [3.05, 3.63) is 99.5 Å². The smallest absolute Gasteiger partial charge is 0.233 e. The predicted molar refractivity (Wildman–Crippen MR) is 132 cm³/mol. The lowest BCUT2D eigenvalue weighted by Gasteiger charge is -2.16. The summed E-state index contributed by atoms with van der Waals surface area (Å²) in [6.45, 7) is 1.99. The number of aromatic nitrogens is 2. The summed E-state index contributed by atoms with van der Waals surface area (Å²) in [6.07, 6.45) is 0.659. The van der Waals surface area contributed by atoms with E-state index in [9.17, 15) is 4.79 Å². The monoisotopic (exact) mass is 483 g/mol. The Morgan fingerprint density at radius 3 is 2.31 bits per heavy atom. The van der Waals surface area contributed by atoms with Crippen LogP contribution in [0.3, 0.4) is 0 Å². The Kier molecular flexibility index (Phi) is 6.85. The highest BCUT2D eigenvalue weighted by atomic mass is 35.5. The van der Waals surface area contributed by atoms with Crippen molar-refractivity contribution < 1.29 is 4.79 Å². The van der Waals surface area contributed by atoms with Gasteiger partial charge in [-0.2, -0.15) is 5.10 Å². The second-order valence-corrected chi connectivity index (χ2v) is 8.57. The van der Waals surface area contributed by atoms with E-state index in [1.54, 1.807) is 35.0 Å². The predicted octanol–water partition coefficient (Wildman–Crippen LogP) is 7.63. The molecule has 1 N–H and O–H groups in total. The molecule has 1 aromatic heterocycles. The summed E-state index contributed by atoms with van der Waals surface area (Å²) in [6, 6.07) is 24.0. The van der Waals surface area contributed by atoms with Crippen molar-refractivity contribution in [1.82, 2.24) is 9.78 Å². The van der Waals surface area contributed by atoms with E-state index in [0.717, 1.165) is 11.1 Å². The second-order valence-electron chi connectivity index (χ2n) is 7.29. The molecule has 4 rings (SSSR count). The van der Waals surface area contributed by atoms with Gasteiger partial charge in [-0.05, 0) is 42.3 Å². The quantitative estimate of drug-likeness (QED) is 0.306. The Bertz CT molecular complexity index is 1240. The number of amides is 1. The molecule has 4 nitrogen and oxygen atoms in total. The molecule has 0 aliphatic heterocycles. The summed E-state index contributed by atoms with van der Waals surface area (Å²) in [5, 5.41) is 9.36. The van der Waals surface area contributed by atoms with E-state index < -0.39 is 0 Å². The molecular weight excluding hydrogens is 465 g/mol. The highest BCUT2D eigenvalue weighted by Crippen LogP contribution is 2.31. The molecule has 0 aliphatic rings. The Morgan fingerprint density at radius 1 is 0.938 bits per heavy atom. The van der Waals surface area contributed by atoms with Crippen molar-refractivity contribution in [2.45, 2.75) is 19.3 Å². The van der Waals surface area contributed by atoms with Crippen LogP contribution in [-0.2, 0) is 4.79 Å². The van der Waals surface area contributed by atoms with E-state index >= 15 is 0 Å². The Labute approximate surface area is 201 Å². The first-order valence-electron chi connectivity index (χ1n) is 10.1. The number of halogens is 3. The minimum atomic E-state index is -0.298. The maximum absolute atomic E-state index is 13.2. The molecule has 0 spiro atoms. The summed E-state index contributed by atoms with van der Waals surface area (Å²) in [7, 11) is 0. The van der Waals surface area contributed by atoms with Gasteiger partial charge in [0.05, 0.1) is 22.3 Å². The summed E-state index contributed by atoms with van der Waals surface area (Å²) in [5.41, 5.74) is 3.05. The van der Waals surface area contributed by atoms with E-state index in [4.69, 9.17) is 39.9 Å². The molecule has 4 aromatic rings. The van der Waals surface area contributed by atoms with Gasteiger partial charge in [-0.25, -0.2) is 4.68 Å². The van der Waals surface area contributed by atoms with Crippen LogP contribution in [0.2, 0.25) is 15.1 Å². The molecule has 1 heterocycles. The average Bonchev–Trinajstić information content (AvgIpc) is 3.20. The molecule has 3 aromatic carbocycles. The van der Waals surface area contributed by atoms with Crippen molar-refractivity contribution >= 4 is 46.5 Å². The number of anilines is 1. The molecule has 0 fully saturated rings. The van der Waals surface area contributed by atoms with Crippen LogP contribution in [0.15, 0.2) is 78.9 Å². The Hall–Kier alpha value is -2.79. The number of rotatable bonds is 6. The van der Waals surface area contributed by atoms with Crippen LogP contribution in [0.25, 0.3) is 16.9 Å². The first-order valence-corrected chi connectivity index (χ1v) is 11.3. The normalized spacial score (nSPS) is 11.9. The SMILES string of the molecule is CC[C@@H](C(=O)Nc1cc(-c2ccc(Cl)cc2)nn1-c1cc(Cl)ccc1Cl)c1ccccc1. The summed E-state index contributed by atoms with van der Waals surface area (Å²) >= 11 is 18.7. The van der Waals surface area contributed by atoms with Gasteiger partial charge in [0.2, 0.25) is 5.91 Å². The molecule has 162 valence electrons.